The molecule has 0 saturated carbocycles. The maximum Gasteiger partial charge on any atom is 0.160 e. The summed E-state index contributed by atoms with van der Waals surface area (Å²) in [6, 6.07) is 5.25. The molecule has 1 rings (SSSR count). The van der Waals surface area contributed by atoms with Crippen molar-refractivity contribution in [1.82, 2.24) is 0 Å². The van der Waals surface area contributed by atoms with E-state index in [0.29, 0.717) is 18.3 Å². The Morgan fingerprint density at radius 3 is 2.50 bits per heavy atom. The van der Waals surface area contributed by atoms with Crippen LogP contribution in [0.15, 0.2) is 18.2 Å². The zero-order valence-corrected chi connectivity index (χ0v) is 10.4. The van der Waals surface area contributed by atoms with Gasteiger partial charge in [-0.05, 0) is 30.5 Å². The molecule has 0 fully saturated rings. The Hall–Kier alpha value is -1.22. The molecule has 1 aromatic rings. The van der Waals surface area contributed by atoms with E-state index in [1.807, 2.05) is 6.07 Å². The Morgan fingerprint density at radius 2 is 1.94 bits per heavy atom. The first kappa shape index (κ1) is 12.8. The van der Waals surface area contributed by atoms with Crippen molar-refractivity contribution >= 4 is 0 Å². The minimum Gasteiger partial charge on any atom is -0.504 e. The summed E-state index contributed by atoms with van der Waals surface area (Å²) in [6.45, 7) is 6.85. The molecular weight excluding hydrogens is 204 g/mol. The van der Waals surface area contributed by atoms with Crippen LogP contribution >= 0.6 is 0 Å². The van der Waals surface area contributed by atoms with E-state index in [0.717, 1.165) is 5.56 Å². The van der Waals surface area contributed by atoms with Gasteiger partial charge in [0.1, 0.15) is 0 Å². The van der Waals surface area contributed by atoms with Crippen LogP contribution in [0.5, 0.6) is 11.5 Å². The Labute approximate surface area is 97.0 Å². The molecule has 1 aromatic carbocycles. The average Bonchev–Trinajstić information content (AvgIpc) is 2.27. The van der Waals surface area contributed by atoms with Gasteiger partial charge in [0.2, 0.25) is 0 Å². The summed E-state index contributed by atoms with van der Waals surface area (Å²) in [5.41, 5.74) is 1.00. The molecule has 3 heteroatoms. The summed E-state index contributed by atoms with van der Waals surface area (Å²) in [5, 5.41) is 9.43. The van der Waals surface area contributed by atoms with E-state index in [4.69, 9.17) is 9.47 Å². The van der Waals surface area contributed by atoms with Gasteiger partial charge in [0.15, 0.2) is 11.5 Å². The van der Waals surface area contributed by atoms with Crippen molar-refractivity contribution in [3.63, 3.8) is 0 Å². The third-order valence-electron chi connectivity index (χ3n) is 2.70. The first-order valence-electron chi connectivity index (χ1n) is 5.52. The van der Waals surface area contributed by atoms with Gasteiger partial charge < -0.3 is 14.6 Å². The lowest BCUT2D eigenvalue weighted by atomic mass is 10.1. The van der Waals surface area contributed by atoms with Gasteiger partial charge in [0.25, 0.3) is 0 Å². The van der Waals surface area contributed by atoms with Gasteiger partial charge in [-0.15, -0.1) is 0 Å². The molecule has 0 aliphatic heterocycles. The van der Waals surface area contributed by atoms with E-state index in [1.165, 1.54) is 7.11 Å². The molecule has 0 aliphatic rings. The fourth-order valence-electron chi connectivity index (χ4n) is 1.23. The number of rotatable bonds is 5. The Balaban J connectivity index is 2.61. The van der Waals surface area contributed by atoms with Crippen molar-refractivity contribution in [2.75, 3.05) is 7.11 Å². The number of hydrogen-bond acceptors (Lipinski definition) is 3. The lowest BCUT2D eigenvalue weighted by Gasteiger charge is -2.16. The summed E-state index contributed by atoms with van der Waals surface area (Å²) >= 11 is 0. The maximum absolute atomic E-state index is 9.43. The van der Waals surface area contributed by atoms with Crippen LogP contribution in [0, 0.1) is 5.92 Å². The van der Waals surface area contributed by atoms with Crippen molar-refractivity contribution in [1.29, 1.82) is 0 Å². The Kier molecular flexibility index (Phi) is 4.62. The van der Waals surface area contributed by atoms with Crippen LogP contribution < -0.4 is 4.74 Å². The molecule has 1 atom stereocenters. The predicted octanol–water partition coefficient (Wildman–Crippen LogP) is 2.96. The fourth-order valence-corrected chi connectivity index (χ4v) is 1.23. The monoisotopic (exact) mass is 224 g/mol. The molecule has 0 radical (unpaired) electrons. The van der Waals surface area contributed by atoms with E-state index in [1.54, 1.807) is 12.1 Å². The highest BCUT2D eigenvalue weighted by Gasteiger charge is 2.08. The fraction of sp³-hybridized carbons (Fsp3) is 0.538. The van der Waals surface area contributed by atoms with Crippen molar-refractivity contribution in [2.45, 2.75) is 33.5 Å². The lowest BCUT2D eigenvalue weighted by molar-refractivity contribution is 0.0234. The predicted molar refractivity (Wildman–Crippen MR) is 63.7 cm³/mol. The summed E-state index contributed by atoms with van der Waals surface area (Å²) < 4.78 is 10.7. The van der Waals surface area contributed by atoms with Gasteiger partial charge in [0, 0.05) is 0 Å². The van der Waals surface area contributed by atoms with Gasteiger partial charge in [-0.3, -0.25) is 0 Å². The first-order valence-corrected chi connectivity index (χ1v) is 5.52. The quantitative estimate of drug-likeness (QED) is 0.835. The summed E-state index contributed by atoms with van der Waals surface area (Å²) in [6.07, 6.45) is 0.222. The molecule has 90 valence electrons. The standard InChI is InChI=1S/C13H20O3/c1-9(2)10(3)16-8-11-5-6-12(14)13(7-11)15-4/h5-7,9-10,14H,8H2,1-4H3. The second-order valence-electron chi connectivity index (χ2n) is 4.27. The number of hydrogen-bond donors (Lipinski definition) is 1. The third kappa shape index (κ3) is 3.42. The van der Waals surface area contributed by atoms with Crippen LogP contribution in [0.3, 0.4) is 0 Å². The average molecular weight is 224 g/mol. The van der Waals surface area contributed by atoms with Crippen molar-refractivity contribution < 1.29 is 14.6 Å². The van der Waals surface area contributed by atoms with Crippen molar-refractivity contribution in [2.24, 2.45) is 5.92 Å². The van der Waals surface area contributed by atoms with E-state index in [2.05, 4.69) is 20.8 Å². The highest BCUT2D eigenvalue weighted by Crippen LogP contribution is 2.26. The maximum atomic E-state index is 9.43. The Morgan fingerprint density at radius 1 is 1.25 bits per heavy atom. The molecular formula is C13H20O3. The largest absolute Gasteiger partial charge is 0.504 e. The van der Waals surface area contributed by atoms with E-state index in [-0.39, 0.29) is 11.9 Å². The van der Waals surface area contributed by atoms with E-state index < -0.39 is 0 Å². The van der Waals surface area contributed by atoms with Crippen molar-refractivity contribution in [3.05, 3.63) is 23.8 Å². The molecule has 0 amide bonds. The summed E-state index contributed by atoms with van der Waals surface area (Å²) in [7, 11) is 1.54. The number of benzene rings is 1. The molecule has 0 saturated heterocycles. The van der Waals surface area contributed by atoms with Crippen LogP contribution in [-0.2, 0) is 11.3 Å². The van der Waals surface area contributed by atoms with Crippen LogP contribution in [0.25, 0.3) is 0 Å². The second-order valence-corrected chi connectivity index (χ2v) is 4.27. The molecule has 0 aliphatic carbocycles. The van der Waals surface area contributed by atoms with Crippen LogP contribution in [0.4, 0.5) is 0 Å². The van der Waals surface area contributed by atoms with Crippen LogP contribution in [0.2, 0.25) is 0 Å². The van der Waals surface area contributed by atoms with Gasteiger partial charge in [-0.25, -0.2) is 0 Å². The molecule has 1 unspecified atom stereocenters. The zero-order valence-electron chi connectivity index (χ0n) is 10.4. The van der Waals surface area contributed by atoms with Crippen molar-refractivity contribution in [3.8, 4) is 11.5 Å². The Bertz CT molecular complexity index is 334. The number of phenols is 1. The highest BCUT2D eigenvalue weighted by atomic mass is 16.5. The molecule has 0 bridgehead atoms. The van der Waals surface area contributed by atoms with Gasteiger partial charge in [-0.1, -0.05) is 19.9 Å². The zero-order chi connectivity index (χ0) is 12.1. The normalized spacial score (nSPS) is 12.8. The molecule has 16 heavy (non-hydrogen) atoms. The molecule has 0 heterocycles. The SMILES string of the molecule is COc1cc(COC(C)C(C)C)ccc1O. The molecule has 3 nitrogen and oxygen atoms in total. The molecule has 0 spiro atoms. The lowest BCUT2D eigenvalue weighted by Crippen LogP contribution is -2.15. The number of phenolic OH excluding ortho intramolecular Hbond substituents is 1. The topological polar surface area (TPSA) is 38.7 Å². The second kappa shape index (κ2) is 5.75. The smallest absolute Gasteiger partial charge is 0.160 e. The van der Waals surface area contributed by atoms with Gasteiger partial charge in [0.05, 0.1) is 19.8 Å². The van der Waals surface area contributed by atoms with Gasteiger partial charge in [-0.2, -0.15) is 0 Å². The molecule has 0 aromatic heterocycles. The molecule has 1 N–H and O–H groups in total. The minimum absolute atomic E-state index is 0.156. The van der Waals surface area contributed by atoms with Crippen LogP contribution in [0.1, 0.15) is 26.3 Å². The van der Waals surface area contributed by atoms with E-state index >= 15 is 0 Å². The minimum atomic E-state index is 0.156. The third-order valence-corrected chi connectivity index (χ3v) is 2.70. The summed E-state index contributed by atoms with van der Waals surface area (Å²) in [4.78, 5) is 0. The van der Waals surface area contributed by atoms with Crippen LogP contribution in [-0.4, -0.2) is 18.3 Å². The van der Waals surface area contributed by atoms with E-state index in [9.17, 15) is 5.11 Å². The van der Waals surface area contributed by atoms with Gasteiger partial charge >= 0.3 is 0 Å². The first-order chi connectivity index (χ1) is 7.54. The highest BCUT2D eigenvalue weighted by molar-refractivity contribution is 5.41. The number of aromatic hydroxyl groups is 1. The number of methoxy groups -OCH3 is 1. The number of ether oxygens (including phenoxy) is 2. The summed E-state index contributed by atoms with van der Waals surface area (Å²) in [5.74, 6) is 1.14.